The lowest BCUT2D eigenvalue weighted by Gasteiger charge is -2.31. The molecule has 0 bridgehead atoms. The third kappa shape index (κ3) is 3.64. The van der Waals surface area contributed by atoms with Gasteiger partial charge < -0.3 is 14.7 Å². The number of ether oxygens (including phenoxy) is 1. The highest BCUT2D eigenvalue weighted by molar-refractivity contribution is 7.13. The first-order valence-electron chi connectivity index (χ1n) is 5.60. The highest BCUT2D eigenvalue weighted by Gasteiger charge is 2.21. The summed E-state index contributed by atoms with van der Waals surface area (Å²) in [6.45, 7) is 2.10. The summed E-state index contributed by atoms with van der Waals surface area (Å²) in [7, 11) is 0. The monoisotopic (exact) mass is 257 g/mol. The van der Waals surface area contributed by atoms with Gasteiger partial charge in [-0.05, 0) is 12.8 Å². The summed E-state index contributed by atoms with van der Waals surface area (Å²) >= 11 is 1.54. The summed E-state index contributed by atoms with van der Waals surface area (Å²) < 4.78 is 5.52. The minimum Gasteiger partial charge on any atom is -0.481 e. The molecule has 0 amide bonds. The van der Waals surface area contributed by atoms with Crippen molar-refractivity contribution in [2.75, 3.05) is 24.6 Å². The van der Waals surface area contributed by atoms with Gasteiger partial charge in [0.1, 0.15) is 5.51 Å². The van der Waals surface area contributed by atoms with Crippen LogP contribution in [0, 0.1) is 0 Å². The molecule has 2 rings (SSSR count). The minimum atomic E-state index is -0.809. The lowest BCUT2D eigenvalue weighted by Crippen LogP contribution is -2.37. The van der Waals surface area contributed by atoms with Crippen LogP contribution in [0.5, 0.6) is 0 Å². The number of anilines is 1. The third-order valence-corrected chi connectivity index (χ3v) is 3.48. The molecule has 0 aromatic carbocycles. The zero-order valence-corrected chi connectivity index (χ0v) is 10.2. The predicted molar refractivity (Wildman–Crippen MR) is 63.3 cm³/mol. The Morgan fingerprint density at radius 2 is 2.35 bits per heavy atom. The molecule has 1 aromatic heterocycles. The van der Waals surface area contributed by atoms with Gasteiger partial charge >= 0.3 is 5.97 Å². The van der Waals surface area contributed by atoms with Crippen LogP contribution in [0.3, 0.4) is 0 Å². The highest BCUT2D eigenvalue weighted by atomic mass is 32.1. The number of carbonyl (C=O) groups is 1. The Labute approximate surface area is 103 Å². The number of piperidine rings is 1. The van der Waals surface area contributed by atoms with Gasteiger partial charge in [-0.3, -0.25) is 4.79 Å². The van der Waals surface area contributed by atoms with E-state index in [-0.39, 0.29) is 12.5 Å². The summed E-state index contributed by atoms with van der Waals surface area (Å²) in [5, 5.41) is 17.3. The lowest BCUT2D eigenvalue weighted by atomic mass is 10.1. The lowest BCUT2D eigenvalue weighted by molar-refractivity contribution is -0.138. The van der Waals surface area contributed by atoms with E-state index in [1.54, 1.807) is 5.51 Å². The molecule has 0 radical (unpaired) electrons. The Bertz CT molecular complexity index is 350. The zero-order chi connectivity index (χ0) is 12.1. The fourth-order valence-corrected chi connectivity index (χ4v) is 2.45. The van der Waals surface area contributed by atoms with Crippen molar-refractivity contribution in [3.8, 4) is 0 Å². The van der Waals surface area contributed by atoms with Crippen LogP contribution in [0.1, 0.15) is 19.3 Å². The van der Waals surface area contributed by atoms with Crippen LogP contribution < -0.4 is 4.90 Å². The van der Waals surface area contributed by atoms with Crippen molar-refractivity contribution in [2.24, 2.45) is 0 Å². The normalized spacial score (nSPS) is 17.3. The number of carboxylic acid groups (broad SMARTS) is 1. The smallest absolute Gasteiger partial charge is 0.305 e. The average molecular weight is 257 g/mol. The van der Waals surface area contributed by atoms with E-state index < -0.39 is 5.97 Å². The Morgan fingerprint density at radius 1 is 1.59 bits per heavy atom. The molecule has 0 unspecified atom stereocenters. The van der Waals surface area contributed by atoms with Crippen molar-refractivity contribution >= 4 is 22.4 Å². The molecule has 94 valence electrons. The summed E-state index contributed by atoms with van der Waals surface area (Å²) in [4.78, 5) is 12.5. The van der Waals surface area contributed by atoms with Crippen molar-refractivity contribution in [1.82, 2.24) is 10.2 Å². The van der Waals surface area contributed by atoms with Crippen LogP contribution in [0.15, 0.2) is 5.51 Å². The molecular formula is C10H15N3O3S. The van der Waals surface area contributed by atoms with E-state index >= 15 is 0 Å². The van der Waals surface area contributed by atoms with Crippen molar-refractivity contribution in [3.05, 3.63) is 5.51 Å². The molecule has 1 aliphatic rings. The number of aliphatic carboxylic acids is 1. The number of nitrogens with zero attached hydrogens (tertiary/aromatic N) is 3. The van der Waals surface area contributed by atoms with Gasteiger partial charge in [-0.2, -0.15) is 0 Å². The van der Waals surface area contributed by atoms with Crippen LogP contribution >= 0.6 is 11.3 Å². The Balaban J connectivity index is 1.69. The highest BCUT2D eigenvalue weighted by Crippen LogP contribution is 2.22. The maximum atomic E-state index is 10.3. The molecule has 1 aromatic rings. The number of carboxylic acids is 1. The molecule has 1 aliphatic heterocycles. The Hall–Kier alpha value is -1.21. The fraction of sp³-hybridized carbons (Fsp3) is 0.700. The Kier molecular flexibility index (Phi) is 4.27. The van der Waals surface area contributed by atoms with Gasteiger partial charge in [-0.15, -0.1) is 10.2 Å². The molecular weight excluding hydrogens is 242 g/mol. The number of hydrogen-bond acceptors (Lipinski definition) is 6. The van der Waals surface area contributed by atoms with E-state index in [4.69, 9.17) is 9.84 Å². The van der Waals surface area contributed by atoms with Crippen molar-refractivity contribution in [3.63, 3.8) is 0 Å². The van der Waals surface area contributed by atoms with E-state index in [9.17, 15) is 4.79 Å². The standard InChI is InChI=1S/C10H15N3O3S/c14-9(15)3-6-16-8-1-4-13(5-2-8)10-12-11-7-17-10/h7-8H,1-6H2,(H,14,15). The molecule has 2 heterocycles. The second-order valence-electron chi connectivity index (χ2n) is 3.92. The molecule has 7 heteroatoms. The summed E-state index contributed by atoms with van der Waals surface area (Å²) in [6.07, 6.45) is 2.09. The van der Waals surface area contributed by atoms with Gasteiger partial charge in [-0.1, -0.05) is 11.3 Å². The zero-order valence-electron chi connectivity index (χ0n) is 9.41. The largest absolute Gasteiger partial charge is 0.481 e. The van der Waals surface area contributed by atoms with E-state index in [0.717, 1.165) is 31.1 Å². The fourth-order valence-electron chi connectivity index (χ4n) is 1.83. The summed E-state index contributed by atoms with van der Waals surface area (Å²) in [5.74, 6) is -0.809. The van der Waals surface area contributed by atoms with E-state index in [2.05, 4.69) is 15.1 Å². The van der Waals surface area contributed by atoms with Gasteiger partial charge in [0, 0.05) is 13.1 Å². The summed E-state index contributed by atoms with van der Waals surface area (Å²) in [5.41, 5.74) is 1.73. The van der Waals surface area contributed by atoms with E-state index in [1.165, 1.54) is 11.3 Å². The molecule has 1 saturated heterocycles. The molecule has 1 N–H and O–H groups in total. The number of hydrogen-bond donors (Lipinski definition) is 1. The molecule has 0 spiro atoms. The molecule has 0 saturated carbocycles. The van der Waals surface area contributed by atoms with Crippen molar-refractivity contribution in [1.29, 1.82) is 0 Å². The topological polar surface area (TPSA) is 75.6 Å². The minimum absolute atomic E-state index is 0.0800. The maximum Gasteiger partial charge on any atom is 0.305 e. The van der Waals surface area contributed by atoms with Crippen LogP contribution in [0.25, 0.3) is 0 Å². The van der Waals surface area contributed by atoms with Gasteiger partial charge in [0.15, 0.2) is 0 Å². The second kappa shape index (κ2) is 5.92. The van der Waals surface area contributed by atoms with Crippen LogP contribution in [-0.4, -0.2) is 47.1 Å². The molecule has 0 aliphatic carbocycles. The molecule has 6 nitrogen and oxygen atoms in total. The Morgan fingerprint density at radius 3 is 2.94 bits per heavy atom. The quantitative estimate of drug-likeness (QED) is 0.848. The van der Waals surface area contributed by atoms with Crippen LogP contribution in [0.4, 0.5) is 5.13 Å². The second-order valence-corrected chi connectivity index (χ2v) is 4.73. The van der Waals surface area contributed by atoms with Gasteiger partial charge in [-0.25, -0.2) is 0 Å². The van der Waals surface area contributed by atoms with Crippen molar-refractivity contribution < 1.29 is 14.6 Å². The van der Waals surface area contributed by atoms with E-state index in [0.29, 0.717) is 6.61 Å². The average Bonchev–Trinajstić information content (AvgIpc) is 2.83. The predicted octanol–water partition coefficient (Wildman–Crippen LogP) is 0.998. The molecule has 17 heavy (non-hydrogen) atoms. The first kappa shape index (κ1) is 12.3. The van der Waals surface area contributed by atoms with Gasteiger partial charge in [0.2, 0.25) is 5.13 Å². The van der Waals surface area contributed by atoms with E-state index in [1.807, 2.05) is 0 Å². The molecule has 1 fully saturated rings. The van der Waals surface area contributed by atoms with Crippen LogP contribution in [0.2, 0.25) is 0 Å². The molecule has 0 atom stereocenters. The first-order valence-corrected chi connectivity index (χ1v) is 6.48. The SMILES string of the molecule is O=C(O)CCOC1CCN(c2nncs2)CC1. The third-order valence-electron chi connectivity index (χ3n) is 2.73. The first-order chi connectivity index (χ1) is 8.25. The number of rotatable bonds is 5. The maximum absolute atomic E-state index is 10.3. The summed E-state index contributed by atoms with van der Waals surface area (Å²) in [6, 6.07) is 0. The van der Waals surface area contributed by atoms with Gasteiger partial charge in [0.05, 0.1) is 19.1 Å². The number of aromatic nitrogens is 2. The van der Waals surface area contributed by atoms with Crippen molar-refractivity contribution in [2.45, 2.75) is 25.4 Å². The van der Waals surface area contributed by atoms with Gasteiger partial charge in [0.25, 0.3) is 0 Å². The van der Waals surface area contributed by atoms with Crippen LogP contribution in [-0.2, 0) is 9.53 Å².